The predicted octanol–water partition coefficient (Wildman–Crippen LogP) is -0.418. The summed E-state index contributed by atoms with van der Waals surface area (Å²) in [5.41, 5.74) is 0. The molecule has 2 aliphatic rings. The predicted molar refractivity (Wildman–Crippen MR) is 77.3 cm³/mol. The van der Waals surface area contributed by atoms with Gasteiger partial charge in [-0.1, -0.05) is 0 Å². The zero-order valence-corrected chi connectivity index (χ0v) is 12.9. The molecule has 0 saturated carbocycles. The molecule has 2 atom stereocenters. The van der Waals surface area contributed by atoms with E-state index in [4.69, 9.17) is 4.74 Å². The molecule has 2 N–H and O–H groups in total. The van der Waals surface area contributed by atoms with Crippen LogP contribution in [0.15, 0.2) is 0 Å². The molecular formula is C13H26N2O4S. The standard InChI is InChI=1S/C13H26N2O4S/c1-20(17,18)9-8-15-7-4-11(16)10-13(15)19-12-2-5-14-6-3-12/h11-14,16H,2-10H2,1H3. The summed E-state index contributed by atoms with van der Waals surface area (Å²) < 4.78 is 28.7. The summed E-state index contributed by atoms with van der Waals surface area (Å²) in [4.78, 5) is 2.07. The summed E-state index contributed by atoms with van der Waals surface area (Å²) in [5, 5.41) is 13.1. The number of piperidine rings is 2. The third-order valence-corrected chi connectivity index (χ3v) is 4.94. The van der Waals surface area contributed by atoms with Crippen molar-refractivity contribution in [2.75, 3.05) is 38.2 Å². The highest BCUT2D eigenvalue weighted by atomic mass is 32.2. The van der Waals surface area contributed by atoms with Crippen LogP contribution in [0, 0.1) is 0 Å². The number of ether oxygens (including phenoxy) is 1. The maximum Gasteiger partial charge on any atom is 0.148 e. The lowest BCUT2D eigenvalue weighted by atomic mass is 10.1. The molecule has 0 aromatic carbocycles. The van der Waals surface area contributed by atoms with Crippen molar-refractivity contribution in [3.05, 3.63) is 0 Å². The highest BCUT2D eigenvalue weighted by Crippen LogP contribution is 2.22. The van der Waals surface area contributed by atoms with Gasteiger partial charge in [-0.3, -0.25) is 4.90 Å². The van der Waals surface area contributed by atoms with Gasteiger partial charge in [0.1, 0.15) is 16.1 Å². The van der Waals surface area contributed by atoms with E-state index in [1.54, 1.807) is 0 Å². The molecule has 2 saturated heterocycles. The van der Waals surface area contributed by atoms with Crippen molar-refractivity contribution in [3.63, 3.8) is 0 Å². The zero-order valence-electron chi connectivity index (χ0n) is 12.1. The van der Waals surface area contributed by atoms with Gasteiger partial charge in [0.2, 0.25) is 0 Å². The maximum absolute atomic E-state index is 11.3. The van der Waals surface area contributed by atoms with Crippen molar-refractivity contribution in [2.45, 2.75) is 44.1 Å². The van der Waals surface area contributed by atoms with Gasteiger partial charge in [-0.15, -0.1) is 0 Å². The van der Waals surface area contributed by atoms with Crippen LogP contribution < -0.4 is 5.32 Å². The lowest BCUT2D eigenvalue weighted by Gasteiger charge is -2.40. The number of hydrogen-bond acceptors (Lipinski definition) is 6. The topological polar surface area (TPSA) is 78.9 Å². The number of aliphatic hydroxyl groups is 1. The fourth-order valence-corrected chi connectivity index (χ4v) is 3.36. The first-order chi connectivity index (χ1) is 9.44. The molecule has 0 bridgehead atoms. The van der Waals surface area contributed by atoms with E-state index in [0.29, 0.717) is 25.9 Å². The molecular weight excluding hydrogens is 280 g/mol. The van der Waals surface area contributed by atoms with Gasteiger partial charge in [0.05, 0.1) is 18.0 Å². The van der Waals surface area contributed by atoms with Crippen LogP contribution in [-0.2, 0) is 14.6 Å². The molecule has 7 heteroatoms. The zero-order chi connectivity index (χ0) is 14.6. The van der Waals surface area contributed by atoms with Crippen LogP contribution >= 0.6 is 0 Å². The SMILES string of the molecule is CS(=O)(=O)CCN1CCC(O)CC1OC1CCNCC1. The summed E-state index contributed by atoms with van der Waals surface area (Å²) in [6.07, 6.45) is 4.21. The van der Waals surface area contributed by atoms with Gasteiger partial charge in [0.15, 0.2) is 0 Å². The summed E-state index contributed by atoms with van der Waals surface area (Å²) in [6.45, 7) is 3.11. The Hall–Kier alpha value is -0.210. The second-order valence-electron chi connectivity index (χ2n) is 5.88. The van der Waals surface area contributed by atoms with E-state index in [1.165, 1.54) is 6.26 Å². The Bertz CT molecular complexity index is 395. The second kappa shape index (κ2) is 7.17. The average Bonchev–Trinajstić information content (AvgIpc) is 2.38. The monoisotopic (exact) mass is 306 g/mol. The van der Waals surface area contributed by atoms with Crippen molar-refractivity contribution < 1.29 is 18.3 Å². The molecule has 118 valence electrons. The first kappa shape index (κ1) is 16.2. The van der Waals surface area contributed by atoms with Crippen LogP contribution in [0.25, 0.3) is 0 Å². The molecule has 6 nitrogen and oxygen atoms in total. The summed E-state index contributed by atoms with van der Waals surface area (Å²) >= 11 is 0. The van der Waals surface area contributed by atoms with E-state index in [2.05, 4.69) is 10.2 Å². The fourth-order valence-electron chi connectivity index (χ4n) is 2.79. The molecule has 20 heavy (non-hydrogen) atoms. The van der Waals surface area contributed by atoms with Crippen LogP contribution in [0.5, 0.6) is 0 Å². The van der Waals surface area contributed by atoms with Crippen molar-refractivity contribution in [2.24, 2.45) is 0 Å². The second-order valence-corrected chi connectivity index (χ2v) is 8.14. The Morgan fingerprint density at radius 1 is 1.30 bits per heavy atom. The van der Waals surface area contributed by atoms with Crippen molar-refractivity contribution >= 4 is 9.84 Å². The van der Waals surface area contributed by atoms with Gasteiger partial charge < -0.3 is 15.2 Å². The molecule has 2 heterocycles. The molecule has 2 aliphatic heterocycles. The average molecular weight is 306 g/mol. The lowest BCUT2D eigenvalue weighted by molar-refractivity contribution is -0.141. The van der Waals surface area contributed by atoms with Gasteiger partial charge in [-0.05, 0) is 32.4 Å². The molecule has 0 aromatic rings. The van der Waals surface area contributed by atoms with Crippen molar-refractivity contribution in [1.29, 1.82) is 0 Å². The molecule has 0 radical (unpaired) electrons. The third kappa shape index (κ3) is 5.29. The maximum atomic E-state index is 11.3. The molecule has 2 fully saturated rings. The number of aliphatic hydroxyl groups excluding tert-OH is 1. The van der Waals surface area contributed by atoms with Gasteiger partial charge in [0.25, 0.3) is 0 Å². The first-order valence-electron chi connectivity index (χ1n) is 7.40. The Kier molecular flexibility index (Phi) is 5.80. The lowest BCUT2D eigenvalue weighted by Crippen LogP contribution is -2.49. The summed E-state index contributed by atoms with van der Waals surface area (Å²) in [7, 11) is -2.96. The number of hydrogen-bond donors (Lipinski definition) is 2. The Labute approximate surface area is 121 Å². The van der Waals surface area contributed by atoms with Crippen LogP contribution in [0.3, 0.4) is 0 Å². The van der Waals surface area contributed by atoms with E-state index in [0.717, 1.165) is 25.9 Å². The number of rotatable bonds is 5. The van der Waals surface area contributed by atoms with Crippen LogP contribution in [0.4, 0.5) is 0 Å². The third-order valence-electron chi connectivity index (χ3n) is 4.02. The quantitative estimate of drug-likeness (QED) is 0.718. The number of nitrogens with zero attached hydrogens (tertiary/aromatic N) is 1. The number of nitrogens with one attached hydrogen (secondary N) is 1. The van der Waals surface area contributed by atoms with Crippen molar-refractivity contribution in [1.82, 2.24) is 10.2 Å². The van der Waals surface area contributed by atoms with Gasteiger partial charge in [0, 0.05) is 25.8 Å². The van der Waals surface area contributed by atoms with Crippen LogP contribution in [-0.4, -0.2) is 75.0 Å². The molecule has 2 rings (SSSR count). The summed E-state index contributed by atoms with van der Waals surface area (Å²) in [5.74, 6) is 0.148. The smallest absolute Gasteiger partial charge is 0.148 e. The highest BCUT2D eigenvalue weighted by Gasteiger charge is 2.30. The fraction of sp³-hybridized carbons (Fsp3) is 1.00. The minimum absolute atomic E-state index is 0.148. The first-order valence-corrected chi connectivity index (χ1v) is 9.46. The van der Waals surface area contributed by atoms with Crippen molar-refractivity contribution in [3.8, 4) is 0 Å². The Morgan fingerprint density at radius 2 is 2.00 bits per heavy atom. The van der Waals surface area contributed by atoms with E-state index in [1.807, 2.05) is 0 Å². The van der Waals surface area contributed by atoms with E-state index >= 15 is 0 Å². The van der Waals surface area contributed by atoms with E-state index in [9.17, 15) is 13.5 Å². The summed E-state index contributed by atoms with van der Waals surface area (Å²) in [6, 6.07) is 0. The van der Waals surface area contributed by atoms with E-state index < -0.39 is 9.84 Å². The molecule has 0 spiro atoms. The largest absolute Gasteiger partial charge is 0.393 e. The normalized spacial score (nSPS) is 30.5. The molecule has 0 amide bonds. The molecule has 2 unspecified atom stereocenters. The Morgan fingerprint density at radius 3 is 2.65 bits per heavy atom. The number of sulfone groups is 1. The van der Waals surface area contributed by atoms with Crippen LogP contribution in [0.1, 0.15) is 25.7 Å². The van der Waals surface area contributed by atoms with Crippen LogP contribution in [0.2, 0.25) is 0 Å². The minimum atomic E-state index is -2.96. The molecule has 0 aliphatic carbocycles. The van der Waals surface area contributed by atoms with Gasteiger partial charge >= 0.3 is 0 Å². The Balaban J connectivity index is 1.89. The molecule has 0 aromatic heterocycles. The highest BCUT2D eigenvalue weighted by molar-refractivity contribution is 7.90. The van der Waals surface area contributed by atoms with Gasteiger partial charge in [-0.25, -0.2) is 8.42 Å². The van der Waals surface area contributed by atoms with E-state index in [-0.39, 0.29) is 24.2 Å². The number of likely N-dealkylation sites (tertiary alicyclic amines) is 1. The van der Waals surface area contributed by atoms with Gasteiger partial charge in [-0.2, -0.15) is 0 Å². The minimum Gasteiger partial charge on any atom is -0.393 e.